The topological polar surface area (TPSA) is 63.8 Å². The predicted molar refractivity (Wildman–Crippen MR) is 104 cm³/mol. The van der Waals surface area contributed by atoms with Crippen molar-refractivity contribution >= 4 is 45.9 Å². The van der Waals surface area contributed by atoms with Crippen LogP contribution in [0.4, 0.5) is 24.7 Å². The molecule has 0 aliphatic carbocycles. The number of halogens is 5. The number of hydrogen-bond acceptors (Lipinski definition) is 5. The van der Waals surface area contributed by atoms with Crippen LogP contribution >= 0.6 is 23.2 Å². The molecule has 0 bridgehead atoms. The predicted octanol–water partition coefficient (Wildman–Crippen LogP) is 6.28. The second-order valence-corrected chi connectivity index (χ2v) is 6.91. The lowest BCUT2D eigenvalue weighted by Gasteiger charge is -2.16. The van der Waals surface area contributed by atoms with Crippen LogP contribution in [0, 0.1) is 0 Å². The number of anilines is 2. The van der Waals surface area contributed by atoms with Crippen LogP contribution in [0.3, 0.4) is 0 Å². The minimum absolute atomic E-state index is 0.0812. The first kappa shape index (κ1) is 19.5. The van der Waals surface area contributed by atoms with Crippen molar-refractivity contribution in [2.75, 3.05) is 5.32 Å². The van der Waals surface area contributed by atoms with E-state index in [4.69, 9.17) is 27.6 Å². The lowest BCUT2D eigenvalue weighted by Crippen LogP contribution is -2.08. The number of alkyl halides is 3. The summed E-state index contributed by atoms with van der Waals surface area (Å²) in [4.78, 5) is 12.1. The standard InChI is InChI=1S/C19H11Cl2F3N4O/c20-13-2-1-3-14(21)12(13)7-10-6-11(19(22,23)24)4-5-15(10)28-17-16-18(26-8-25-17)29-9-27-16/h1-6,8-9H,7H2,(H,25,26,28). The number of benzene rings is 2. The molecule has 0 radical (unpaired) electrons. The molecule has 0 spiro atoms. The van der Waals surface area contributed by atoms with Gasteiger partial charge in [-0.2, -0.15) is 18.2 Å². The Bertz CT molecular complexity index is 1170. The lowest BCUT2D eigenvalue weighted by atomic mass is 10.00. The van der Waals surface area contributed by atoms with Crippen molar-refractivity contribution < 1.29 is 17.6 Å². The molecule has 0 aliphatic rings. The minimum atomic E-state index is -4.49. The van der Waals surface area contributed by atoms with Crippen LogP contribution in [-0.4, -0.2) is 15.0 Å². The van der Waals surface area contributed by atoms with Gasteiger partial charge in [0, 0.05) is 22.2 Å². The van der Waals surface area contributed by atoms with Gasteiger partial charge in [-0.25, -0.2) is 9.97 Å². The van der Waals surface area contributed by atoms with E-state index in [2.05, 4.69) is 20.3 Å². The third-order valence-electron chi connectivity index (χ3n) is 4.25. The van der Waals surface area contributed by atoms with Gasteiger partial charge in [-0.15, -0.1) is 0 Å². The molecule has 4 rings (SSSR count). The summed E-state index contributed by atoms with van der Waals surface area (Å²) >= 11 is 12.4. The number of nitrogens with zero attached hydrogens (tertiary/aromatic N) is 3. The van der Waals surface area contributed by atoms with Gasteiger partial charge in [0.05, 0.1) is 5.56 Å². The number of aromatic nitrogens is 3. The van der Waals surface area contributed by atoms with E-state index >= 15 is 0 Å². The molecule has 0 amide bonds. The van der Waals surface area contributed by atoms with Crippen molar-refractivity contribution in [1.29, 1.82) is 0 Å². The monoisotopic (exact) mass is 438 g/mol. The fourth-order valence-electron chi connectivity index (χ4n) is 2.84. The smallest absolute Gasteiger partial charge is 0.416 e. The minimum Gasteiger partial charge on any atom is -0.425 e. The van der Waals surface area contributed by atoms with Gasteiger partial charge in [-0.05, 0) is 41.5 Å². The maximum atomic E-state index is 13.3. The molecule has 0 saturated carbocycles. The Labute approximate surface area is 172 Å². The van der Waals surface area contributed by atoms with E-state index < -0.39 is 11.7 Å². The molecular weight excluding hydrogens is 428 g/mol. The molecule has 5 nitrogen and oxygen atoms in total. The van der Waals surface area contributed by atoms with Crippen LogP contribution in [0.1, 0.15) is 16.7 Å². The van der Waals surface area contributed by atoms with Crippen molar-refractivity contribution in [2.24, 2.45) is 0 Å². The average molecular weight is 439 g/mol. The van der Waals surface area contributed by atoms with Crippen LogP contribution in [0.2, 0.25) is 10.0 Å². The van der Waals surface area contributed by atoms with E-state index in [0.717, 1.165) is 12.1 Å². The van der Waals surface area contributed by atoms with Gasteiger partial charge in [-0.3, -0.25) is 0 Å². The van der Waals surface area contributed by atoms with Crippen molar-refractivity contribution in [3.8, 4) is 0 Å². The van der Waals surface area contributed by atoms with Gasteiger partial charge >= 0.3 is 6.18 Å². The third kappa shape index (κ3) is 3.99. The Morgan fingerprint density at radius 1 is 1.00 bits per heavy atom. The van der Waals surface area contributed by atoms with Gasteiger partial charge in [0.2, 0.25) is 0 Å². The highest BCUT2D eigenvalue weighted by atomic mass is 35.5. The largest absolute Gasteiger partial charge is 0.425 e. The first-order valence-electron chi connectivity index (χ1n) is 8.27. The summed E-state index contributed by atoms with van der Waals surface area (Å²) in [6.07, 6.45) is -1.93. The first-order chi connectivity index (χ1) is 13.8. The van der Waals surface area contributed by atoms with Crippen LogP contribution in [0.15, 0.2) is 53.5 Å². The highest BCUT2D eigenvalue weighted by Gasteiger charge is 2.31. The van der Waals surface area contributed by atoms with E-state index in [1.165, 1.54) is 18.8 Å². The zero-order chi connectivity index (χ0) is 20.6. The highest BCUT2D eigenvalue weighted by Crippen LogP contribution is 2.36. The number of fused-ring (bicyclic) bond motifs is 1. The Kier molecular flexibility index (Phi) is 5.06. The van der Waals surface area contributed by atoms with Crippen LogP contribution in [0.25, 0.3) is 11.2 Å². The summed E-state index contributed by atoms with van der Waals surface area (Å²) in [6.45, 7) is 0. The number of rotatable bonds is 4. The summed E-state index contributed by atoms with van der Waals surface area (Å²) < 4.78 is 45.0. The summed E-state index contributed by atoms with van der Waals surface area (Å²) in [6, 6.07) is 8.31. The molecule has 0 atom stereocenters. The average Bonchev–Trinajstić information content (AvgIpc) is 3.15. The van der Waals surface area contributed by atoms with Crippen molar-refractivity contribution in [2.45, 2.75) is 12.6 Å². The number of nitrogens with one attached hydrogen (secondary N) is 1. The molecule has 0 aliphatic heterocycles. The zero-order valence-electron chi connectivity index (χ0n) is 14.5. The summed E-state index contributed by atoms with van der Waals surface area (Å²) in [5, 5.41) is 3.74. The maximum Gasteiger partial charge on any atom is 0.416 e. The van der Waals surface area contributed by atoms with Crippen LogP contribution in [-0.2, 0) is 12.6 Å². The molecular formula is C19H11Cl2F3N4O. The molecule has 0 saturated heterocycles. The highest BCUT2D eigenvalue weighted by molar-refractivity contribution is 6.36. The van der Waals surface area contributed by atoms with E-state index in [0.29, 0.717) is 38.2 Å². The van der Waals surface area contributed by atoms with Crippen molar-refractivity contribution in [3.05, 3.63) is 75.9 Å². The normalized spacial score (nSPS) is 11.8. The Hall–Kier alpha value is -2.84. The number of hydrogen-bond donors (Lipinski definition) is 1. The summed E-state index contributed by atoms with van der Waals surface area (Å²) in [5.41, 5.74) is 1.09. The Morgan fingerprint density at radius 2 is 1.76 bits per heavy atom. The zero-order valence-corrected chi connectivity index (χ0v) is 16.0. The maximum absolute atomic E-state index is 13.3. The van der Waals surface area contributed by atoms with Gasteiger partial charge in [0.1, 0.15) is 6.33 Å². The van der Waals surface area contributed by atoms with Gasteiger partial charge < -0.3 is 9.73 Å². The fraction of sp³-hybridized carbons (Fsp3) is 0.105. The second-order valence-electron chi connectivity index (χ2n) is 6.10. The van der Waals surface area contributed by atoms with Crippen LogP contribution < -0.4 is 5.32 Å². The molecule has 148 valence electrons. The van der Waals surface area contributed by atoms with Crippen molar-refractivity contribution in [3.63, 3.8) is 0 Å². The lowest BCUT2D eigenvalue weighted by molar-refractivity contribution is -0.137. The Morgan fingerprint density at radius 3 is 2.48 bits per heavy atom. The van der Waals surface area contributed by atoms with Gasteiger partial charge in [-0.1, -0.05) is 29.3 Å². The molecule has 0 fully saturated rings. The summed E-state index contributed by atoms with van der Waals surface area (Å²) in [5.74, 6) is 0.301. The first-order valence-corrected chi connectivity index (χ1v) is 9.03. The Balaban J connectivity index is 1.80. The van der Waals surface area contributed by atoms with Gasteiger partial charge in [0.15, 0.2) is 17.7 Å². The third-order valence-corrected chi connectivity index (χ3v) is 4.96. The molecule has 10 heteroatoms. The number of oxazole rings is 1. The second kappa shape index (κ2) is 7.53. The summed E-state index contributed by atoms with van der Waals surface area (Å²) in [7, 11) is 0. The molecule has 2 heterocycles. The van der Waals surface area contributed by atoms with Crippen LogP contribution in [0.5, 0.6) is 0 Å². The van der Waals surface area contributed by atoms with E-state index in [1.54, 1.807) is 18.2 Å². The molecule has 4 aromatic rings. The van der Waals surface area contributed by atoms with E-state index in [1.807, 2.05) is 0 Å². The van der Waals surface area contributed by atoms with E-state index in [-0.39, 0.29) is 12.1 Å². The molecule has 2 aromatic heterocycles. The molecule has 0 unspecified atom stereocenters. The van der Waals surface area contributed by atoms with Gasteiger partial charge in [0.25, 0.3) is 5.71 Å². The molecule has 2 aromatic carbocycles. The fourth-order valence-corrected chi connectivity index (χ4v) is 3.37. The SMILES string of the molecule is FC(F)(F)c1ccc(Nc2ncnc3ocnc23)c(Cc2c(Cl)cccc2Cl)c1. The quantitative estimate of drug-likeness (QED) is 0.406. The molecule has 1 N–H and O–H groups in total. The molecule has 29 heavy (non-hydrogen) atoms. The van der Waals surface area contributed by atoms with Crippen molar-refractivity contribution in [1.82, 2.24) is 15.0 Å². The van der Waals surface area contributed by atoms with E-state index in [9.17, 15) is 13.2 Å².